The number of carboxylic acid groups (broad SMARTS) is 1. The maximum atomic E-state index is 11.6. The summed E-state index contributed by atoms with van der Waals surface area (Å²) in [5, 5.41) is 8.98. The Labute approximate surface area is 116 Å². The van der Waals surface area contributed by atoms with Crippen LogP contribution in [0.1, 0.15) is 23.0 Å². The van der Waals surface area contributed by atoms with E-state index in [-0.39, 0.29) is 11.9 Å². The smallest absolute Gasteiger partial charge is 0.409 e. The number of aromatic carboxylic acids is 1. The van der Waals surface area contributed by atoms with Gasteiger partial charge in [0, 0.05) is 38.3 Å². The van der Waals surface area contributed by atoms with E-state index in [2.05, 4.69) is 4.90 Å². The number of carbonyl (C=O) groups excluding carboxylic acids is 1. The Balaban J connectivity index is 1.87. The monoisotopic (exact) mass is 282 g/mol. The van der Waals surface area contributed by atoms with Crippen molar-refractivity contribution in [3.63, 3.8) is 0 Å². The van der Waals surface area contributed by atoms with Crippen molar-refractivity contribution in [2.24, 2.45) is 0 Å². The molecule has 0 aromatic carbocycles. The van der Waals surface area contributed by atoms with Gasteiger partial charge in [-0.1, -0.05) is 0 Å². The molecule has 110 valence electrons. The van der Waals surface area contributed by atoms with Gasteiger partial charge in [0.1, 0.15) is 0 Å². The summed E-state index contributed by atoms with van der Waals surface area (Å²) in [6.07, 6.45) is 1.09. The lowest BCUT2D eigenvalue weighted by atomic mass is 10.2. The third-order valence-corrected chi connectivity index (χ3v) is 3.23. The minimum Gasteiger partial charge on any atom is -0.475 e. The van der Waals surface area contributed by atoms with E-state index in [9.17, 15) is 9.59 Å². The Morgan fingerprint density at radius 1 is 1.35 bits per heavy atom. The maximum absolute atomic E-state index is 11.6. The summed E-state index contributed by atoms with van der Waals surface area (Å²) in [6, 6.07) is 1.67. The van der Waals surface area contributed by atoms with Crippen molar-refractivity contribution in [1.29, 1.82) is 0 Å². The summed E-state index contributed by atoms with van der Waals surface area (Å²) < 4.78 is 9.90. The number of piperazine rings is 1. The summed E-state index contributed by atoms with van der Waals surface area (Å²) >= 11 is 0. The Morgan fingerprint density at radius 2 is 2.05 bits per heavy atom. The SMILES string of the molecule is CCOC(=O)N1CCN(Cc2ccoc2C(=O)O)CC1. The first-order valence-electron chi connectivity index (χ1n) is 6.55. The Morgan fingerprint density at radius 3 is 2.65 bits per heavy atom. The lowest BCUT2D eigenvalue weighted by Gasteiger charge is -2.33. The minimum atomic E-state index is -1.06. The van der Waals surface area contributed by atoms with E-state index >= 15 is 0 Å². The number of nitrogens with zero attached hydrogens (tertiary/aromatic N) is 2. The number of furan rings is 1. The van der Waals surface area contributed by atoms with E-state index in [0.29, 0.717) is 44.9 Å². The fourth-order valence-electron chi connectivity index (χ4n) is 2.19. The lowest BCUT2D eigenvalue weighted by Crippen LogP contribution is -2.48. The van der Waals surface area contributed by atoms with Crippen LogP contribution >= 0.6 is 0 Å². The van der Waals surface area contributed by atoms with Gasteiger partial charge in [-0.2, -0.15) is 0 Å². The van der Waals surface area contributed by atoms with E-state index in [4.69, 9.17) is 14.3 Å². The predicted molar refractivity (Wildman–Crippen MR) is 69.5 cm³/mol. The highest BCUT2D eigenvalue weighted by Gasteiger charge is 2.23. The molecule has 0 aliphatic carbocycles. The molecule has 20 heavy (non-hydrogen) atoms. The molecule has 1 amide bonds. The van der Waals surface area contributed by atoms with Crippen LogP contribution in [-0.2, 0) is 11.3 Å². The Hall–Kier alpha value is -2.02. The molecule has 1 aromatic rings. The van der Waals surface area contributed by atoms with Gasteiger partial charge in [-0.3, -0.25) is 4.90 Å². The number of hydrogen-bond donors (Lipinski definition) is 1. The summed E-state index contributed by atoms with van der Waals surface area (Å²) in [5.41, 5.74) is 0.655. The van der Waals surface area contributed by atoms with Gasteiger partial charge in [-0.25, -0.2) is 9.59 Å². The van der Waals surface area contributed by atoms with Gasteiger partial charge in [0.2, 0.25) is 5.76 Å². The summed E-state index contributed by atoms with van der Waals surface area (Å²) in [6.45, 7) is 5.19. The number of hydrogen-bond acceptors (Lipinski definition) is 5. The predicted octanol–water partition coefficient (Wildman–Crippen LogP) is 1.25. The molecular formula is C13H18N2O5. The highest BCUT2D eigenvalue weighted by Crippen LogP contribution is 2.15. The Bertz CT molecular complexity index is 477. The number of carbonyl (C=O) groups is 2. The van der Waals surface area contributed by atoms with Gasteiger partial charge in [0.15, 0.2) is 0 Å². The van der Waals surface area contributed by atoms with E-state index in [1.54, 1.807) is 17.9 Å². The topological polar surface area (TPSA) is 83.2 Å². The second-order valence-electron chi connectivity index (χ2n) is 4.54. The van der Waals surface area contributed by atoms with Crippen LogP contribution < -0.4 is 0 Å². The van der Waals surface area contributed by atoms with E-state index in [1.807, 2.05) is 0 Å². The first kappa shape index (κ1) is 14.4. The van der Waals surface area contributed by atoms with Crippen LogP contribution in [0.4, 0.5) is 4.79 Å². The van der Waals surface area contributed by atoms with Crippen molar-refractivity contribution in [2.45, 2.75) is 13.5 Å². The molecule has 0 unspecified atom stereocenters. The van der Waals surface area contributed by atoms with Gasteiger partial charge in [-0.15, -0.1) is 0 Å². The lowest BCUT2D eigenvalue weighted by molar-refractivity contribution is 0.0655. The second-order valence-corrected chi connectivity index (χ2v) is 4.54. The molecule has 1 aromatic heterocycles. The van der Waals surface area contributed by atoms with Crippen molar-refractivity contribution < 1.29 is 23.8 Å². The van der Waals surface area contributed by atoms with Gasteiger partial charge >= 0.3 is 12.1 Å². The molecule has 7 nitrogen and oxygen atoms in total. The average Bonchev–Trinajstić information content (AvgIpc) is 2.88. The third kappa shape index (κ3) is 3.30. The summed E-state index contributed by atoms with van der Waals surface area (Å²) in [7, 11) is 0. The molecule has 0 radical (unpaired) electrons. The largest absolute Gasteiger partial charge is 0.475 e. The summed E-state index contributed by atoms with van der Waals surface area (Å²) in [4.78, 5) is 26.3. The van der Waals surface area contributed by atoms with Crippen LogP contribution in [0.25, 0.3) is 0 Å². The molecule has 1 fully saturated rings. The Kier molecular flexibility index (Phi) is 4.62. The molecule has 2 heterocycles. The zero-order chi connectivity index (χ0) is 14.5. The van der Waals surface area contributed by atoms with E-state index in [0.717, 1.165) is 0 Å². The normalized spacial score (nSPS) is 16.1. The molecule has 0 atom stereocenters. The molecule has 0 saturated carbocycles. The van der Waals surface area contributed by atoms with Gasteiger partial charge in [-0.05, 0) is 13.0 Å². The van der Waals surface area contributed by atoms with E-state index in [1.165, 1.54) is 6.26 Å². The maximum Gasteiger partial charge on any atom is 0.409 e. The highest BCUT2D eigenvalue weighted by molar-refractivity contribution is 5.86. The summed E-state index contributed by atoms with van der Waals surface area (Å²) in [5.74, 6) is -1.08. The first-order valence-corrected chi connectivity index (χ1v) is 6.55. The van der Waals surface area contributed by atoms with Crippen LogP contribution in [0.3, 0.4) is 0 Å². The number of carboxylic acids is 1. The third-order valence-electron chi connectivity index (χ3n) is 3.23. The zero-order valence-corrected chi connectivity index (χ0v) is 11.4. The van der Waals surface area contributed by atoms with Gasteiger partial charge in [0.25, 0.3) is 0 Å². The van der Waals surface area contributed by atoms with Gasteiger partial charge in [0.05, 0.1) is 12.9 Å². The number of amides is 1. The molecule has 2 rings (SSSR count). The van der Waals surface area contributed by atoms with Crippen LogP contribution in [0.5, 0.6) is 0 Å². The molecule has 7 heteroatoms. The minimum absolute atomic E-state index is 0.0159. The van der Waals surface area contributed by atoms with Crippen molar-refractivity contribution in [3.8, 4) is 0 Å². The zero-order valence-electron chi connectivity index (χ0n) is 11.4. The molecule has 1 aliphatic heterocycles. The fraction of sp³-hybridized carbons (Fsp3) is 0.538. The van der Waals surface area contributed by atoms with Crippen LogP contribution in [-0.4, -0.2) is 59.8 Å². The van der Waals surface area contributed by atoms with Crippen LogP contribution in [0.15, 0.2) is 16.7 Å². The molecule has 1 aliphatic rings. The highest BCUT2D eigenvalue weighted by atomic mass is 16.6. The number of ether oxygens (including phenoxy) is 1. The second kappa shape index (κ2) is 6.42. The van der Waals surface area contributed by atoms with Gasteiger partial charge < -0.3 is 19.2 Å². The molecule has 0 bridgehead atoms. The molecule has 1 saturated heterocycles. The van der Waals surface area contributed by atoms with Crippen LogP contribution in [0.2, 0.25) is 0 Å². The average molecular weight is 282 g/mol. The van der Waals surface area contributed by atoms with Crippen molar-refractivity contribution in [1.82, 2.24) is 9.80 Å². The quantitative estimate of drug-likeness (QED) is 0.895. The molecular weight excluding hydrogens is 264 g/mol. The van der Waals surface area contributed by atoms with Crippen molar-refractivity contribution in [2.75, 3.05) is 32.8 Å². The fourth-order valence-corrected chi connectivity index (χ4v) is 2.19. The van der Waals surface area contributed by atoms with Crippen molar-refractivity contribution in [3.05, 3.63) is 23.7 Å². The first-order chi connectivity index (χ1) is 9.61. The molecule has 1 N–H and O–H groups in total. The number of rotatable bonds is 4. The molecule has 0 spiro atoms. The standard InChI is InChI=1S/C13H18N2O5/c1-2-19-13(18)15-6-4-14(5-7-15)9-10-3-8-20-11(10)12(16)17/h3,8H,2,4-7,9H2,1H3,(H,16,17). The van der Waals surface area contributed by atoms with Crippen molar-refractivity contribution >= 4 is 12.1 Å². The van der Waals surface area contributed by atoms with Crippen LogP contribution in [0, 0.1) is 0 Å². The van der Waals surface area contributed by atoms with E-state index < -0.39 is 5.97 Å².